The molecule has 7 heteroatoms. The number of ether oxygens (including phenoxy) is 1. The first-order chi connectivity index (χ1) is 8.33. The van der Waals surface area contributed by atoms with Crippen molar-refractivity contribution in [2.75, 3.05) is 36.9 Å². The largest absolute Gasteiger partial charge is 0.378 e. The maximum atomic E-state index is 5.63. The summed E-state index contributed by atoms with van der Waals surface area (Å²) in [6.07, 6.45) is 1.87. The summed E-state index contributed by atoms with van der Waals surface area (Å²) in [6.45, 7) is 3.37. The van der Waals surface area contributed by atoms with Crippen molar-refractivity contribution in [1.82, 2.24) is 9.97 Å². The number of morpholine rings is 1. The van der Waals surface area contributed by atoms with E-state index in [-0.39, 0.29) is 0 Å². The average molecular weight is 268 g/mol. The topological polar surface area (TPSA) is 64.3 Å². The van der Waals surface area contributed by atoms with E-state index in [0.717, 1.165) is 42.0 Å². The molecule has 0 spiro atoms. The second-order valence-electron chi connectivity index (χ2n) is 3.68. The van der Waals surface area contributed by atoms with E-state index in [9.17, 15) is 0 Å². The lowest BCUT2D eigenvalue weighted by atomic mass is 10.4. The van der Waals surface area contributed by atoms with E-state index in [1.807, 2.05) is 11.6 Å². The number of nitrogens with zero attached hydrogens (tertiary/aromatic N) is 3. The van der Waals surface area contributed by atoms with Crippen LogP contribution < -0.4 is 10.6 Å². The Morgan fingerprint density at radius 2 is 2.18 bits per heavy atom. The number of anilines is 2. The summed E-state index contributed by atoms with van der Waals surface area (Å²) >= 11 is 3.11. The third-order valence-corrected chi connectivity index (χ3v) is 4.30. The highest BCUT2D eigenvalue weighted by molar-refractivity contribution is 7.19. The molecule has 1 fully saturated rings. The van der Waals surface area contributed by atoms with Crippen LogP contribution in [0.3, 0.4) is 0 Å². The van der Waals surface area contributed by atoms with Crippen molar-refractivity contribution in [1.29, 1.82) is 0 Å². The number of hydrogen-bond donors (Lipinski definition) is 1. The standard InChI is InChI=1S/C10H12N4OS2/c11-9-13-7(6-16-9)8-5-12-10(17-8)14-1-3-15-4-2-14/h5-6H,1-4H2,(H2,11,13). The zero-order valence-electron chi connectivity index (χ0n) is 9.13. The smallest absolute Gasteiger partial charge is 0.186 e. The highest BCUT2D eigenvalue weighted by Crippen LogP contribution is 2.32. The number of thiazole rings is 2. The van der Waals surface area contributed by atoms with E-state index in [1.165, 1.54) is 11.3 Å². The molecule has 2 N–H and O–H groups in total. The summed E-state index contributed by atoms with van der Waals surface area (Å²) in [5, 5.41) is 3.60. The SMILES string of the molecule is Nc1nc(-c2cnc(N3CCOCC3)s2)cs1. The molecule has 3 heterocycles. The van der Waals surface area contributed by atoms with Crippen molar-refractivity contribution >= 4 is 32.9 Å². The Morgan fingerprint density at radius 1 is 1.35 bits per heavy atom. The first kappa shape index (κ1) is 10.9. The van der Waals surface area contributed by atoms with E-state index in [4.69, 9.17) is 10.5 Å². The quantitative estimate of drug-likeness (QED) is 0.898. The lowest BCUT2D eigenvalue weighted by molar-refractivity contribution is 0.122. The Labute approximate surface area is 107 Å². The van der Waals surface area contributed by atoms with E-state index < -0.39 is 0 Å². The fourth-order valence-corrected chi connectivity index (χ4v) is 3.25. The molecule has 0 bridgehead atoms. The van der Waals surface area contributed by atoms with Crippen molar-refractivity contribution in [3.8, 4) is 10.6 Å². The van der Waals surface area contributed by atoms with Gasteiger partial charge in [0.2, 0.25) is 0 Å². The maximum absolute atomic E-state index is 5.63. The monoisotopic (exact) mass is 268 g/mol. The van der Waals surface area contributed by atoms with Gasteiger partial charge in [-0.3, -0.25) is 0 Å². The number of nitrogens with two attached hydrogens (primary N) is 1. The predicted molar refractivity (Wildman–Crippen MR) is 70.7 cm³/mol. The van der Waals surface area contributed by atoms with Gasteiger partial charge in [-0.15, -0.1) is 11.3 Å². The molecule has 2 aromatic rings. The van der Waals surface area contributed by atoms with Crippen LogP contribution in [0.15, 0.2) is 11.6 Å². The molecular weight excluding hydrogens is 256 g/mol. The van der Waals surface area contributed by atoms with Crippen molar-refractivity contribution < 1.29 is 4.74 Å². The van der Waals surface area contributed by atoms with Crippen molar-refractivity contribution in [2.24, 2.45) is 0 Å². The predicted octanol–water partition coefficient (Wildman–Crippen LogP) is 1.69. The average Bonchev–Trinajstić information content (AvgIpc) is 2.98. The van der Waals surface area contributed by atoms with Crippen LogP contribution in [0.25, 0.3) is 10.6 Å². The summed E-state index contributed by atoms with van der Waals surface area (Å²) in [4.78, 5) is 12.0. The molecule has 5 nitrogen and oxygen atoms in total. The molecule has 1 aliphatic rings. The van der Waals surface area contributed by atoms with Crippen molar-refractivity contribution in [3.05, 3.63) is 11.6 Å². The van der Waals surface area contributed by atoms with Gasteiger partial charge in [-0.1, -0.05) is 11.3 Å². The third kappa shape index (κ3) is 2.26. The van der Waals surface area contributed by atoms with Crippen LogP contribution in [-0.2, 0) is 4.74 Å². The molecule has 0 aromatic carbocycles. The van der Waals surface area contributed by atoms with E-state index >= 15 is 0 Å². The van der Waals surface area contributed by atoms with Gasteiger partial charge >= 0.3 is 0 Å². The normalized spacial score (nSPS) is 16.4. The summed E-state index contributed by atoms with van der Waals surface area (Å²) in [5.74, 6) is 0. The fraction of sp³-hybridized carbons (Fsp3) is 0.400. The van der Waals surface area contributed by atoms with Gasteiger partial charge in [-0.25, -0.2) is 9.97 Å². The third-order valence-electron chi connectivity index (χ3n) is 2.55. The molecule has 0 aliphatic carbocycles. The second-order valence-corrected chi connectivity index (χ2v) is 5.58. The molecule has 0 radical (unpaired) electrons. The van der Waals surface area contributed by atoms with Crippen LogP contribution in [-0.4, -0.2) is 36.3 Å². The van der Waals surface area contributed by atoms with Gasteiger partial charge < -0.3 is 15.4 Å². The molecule has 90 valence electrons. The molecule has 0 amide bonds. The molecule has 0 saturated carbocycles. The first-order valence-corrected chi connectivity index (χ1v) is 7.02. The second kappa shape index (κ2) is 4.59. The van der Waals surface area contributed by atoms with Gasteiger partial charge in [0.05, 0.1) is 23.8 Å². The van der Waals surface area contributed by atoms with Crippen LogP contribution in [0, 0.1) is 0 Å². The van der Waals surface area contributed by atoms with Gasteiger partial charge in [-0.2, -0.15) is 0 Å². The van der Waals surface area contributed by atoms with Crippen LogP contribution >= 0.6 is 22.7 Å². The molecule has 1 aliphatic heterocycles. The lowest BCUT2D eigenvalue weighted by Crippen LogP contribution is -2.36. The van der Waals surface area contributed by atoms with Crippen molar-refractivity contribution in [3.63, 3.8) is 0 Å². The van der Waals surface area contributed by atoms with Crippen LogP contribution in [0.5, 0.6) is 0 Å². The number of hydrogen-bond acceptors (Lipinski definition) is 7. The fourth-order valence-electron chi connectivity index (χ4n) is 1.68. The minimum Gasteiger partial charge on any atom is -0.378 e. The summed E-state index contributed by atoms with van der Waals surface area (Å²) in [6, 6.07) is 0. The maximum Gasteiger partial charge on any atom is 0.186 e. The molecule has 0 atom stereocenters. The summed E-state index contributed by atoms with van der Waals surface area (Å²) < 4.78 is 5.32. The molecule has 2 aromatic heterocycles. The van der Waals surface area contributed by atoms with E-state index in [0.29, 0.717) is 5.13 Å². The Bertz CT molecular complexity index is 504. The van der Waals surface area contributed by atoms with Gasteiger partial charge in [0, 0.05) is 24.7 Å². The highest BCUT2D eigenvalue weighted by Gasteiger charge is 2.15. The zero-order valence-corrected chi connectivity index (χ0v) is 10.8. The first-order valence-electron chi connectivity index (χ1n) is 5.33. The van der Waals surface area contributed by atoms with Crippen LogP contribution in [0.2, 0.25) is 0 Å². The Balaban J connectivity index is 1.82. The van der Waals surface area contributed by atoms with Gasteiger partial charge in [-0.05, 0) is 0 Å². The molecule has 0 unspecified atom stereocenters. The number of nitrogen functional groups attached to an aromatic ring is 1. The zero-order chi connectivity index (χ0) is 11.7. The molecule has 17 heavy (non-hydrogen) atoms. The Morgan fingerprint density at radius 3 is 2.88 bits per heavy atom. The van der Waals surface area contributed by atoms with Crippen LogP contribution in [0.1, 0.15) is 0 Å². The highest BCUT2D eigenvalue weighted by atomic mass is 32.1. The van der Waals surface area contributed by atoms with Gasteiger partial charge in [0.25, 0.3) is 0 Å². The molecular formula is C10H12N4OS2. The lowest BCUT2D eigenvalue weighted by Gasteiger charge is -2.25. The van der Waals surface area contributed by atoms with Crippen LogP contribution in [0.4, 0.5) is 10.3 Å². The Kier molecular flexibility index (Phi) is 2.96. The van der Waals surface area contributed by atoms with Crippen molar-refractivity contribution in [2.45, 2.75) is 0 Å². The van der Waals surface area contributed by atoms with E-state index in [1.54, 1.807) is 11.3 Å². The number of aromatic nitrogens is 2. The minimum absolute atomic E-state index is 0.598. The van der Waals surface area contributed by atoms with E-state index in [2.05, 4.69) is 14.9 Å². The summed E-state index contributed by atoms with van der Waals surface area (Å²) in [7, 11) is 0. The number of rotatable bonds is 2. The minimum atomic E-state index is 0.598. The molecule has 1 saturated heterocycles. The Hall–Kier alpha value is -1.18. The van der Waals surface area contributed by atoms with Gasteiger partial charge in [0.1, 0.15) is 0 Å². The van der Waals surface area contributed by atoms with Gasteiger partial charge in [0.15, 0.2) is 10.3 Å². The summed E-state index contributed by atoms with van der Waals surface area (Å²) in [5.41, 5.74) is 6.55. The molecule has 3 rings (SSSR count).